The molecule has 41 heavy (non-hydrogen) atoms. The number of aromatic amines is 1. The molecule has 5 rings (SSSR count). The molecule has 11 nitrogen and oxygen atoms in total. The zero-order valence-corrected chi connectivity index (χ0v) is 28.1. The smallest absolute Gasteiger partial charge is 0.296 e. The second-order valence-corrected chi connectivity index (χ2v) is 24.5. The van der Waals surface area contributed by atoms with Gasteiger partial charge in [-0.05, 0) is 69.0 Å². The first-order valence-electron chi connectivity index (χ1n) is 13.9. The van der Waals surface area contributed by atoms with Gasteiger partial charge in [-0.1, -0.05) is 44.3 Å². The topological polar surface area (TPSA) is 141 Å². The zero-order valence-electron chi connectivity index (χ0n) is 24.6. The van der Waals surface area contributed by atoms with E-state index >= 15 is 0 Å². The normalized spacial score (nSPS) is 36.1. The van der Waals surface area contributed by atoms with Crippen LogP contribution in [0.3, 0.4) is 0 Å². The van der Waals surface area contributed by atoms with Crippen molar-refractivity contribution in [3.63, 3.8) is 0 Å². The average Bonchev–Trinajstić information content (AvgIpc) is 3.48. The van der Waals surface area contributed by atoms with E-state index in [9.17, 15) is 15.0 Å². The number of H-pyrrole nitrogens is 1. The first-order valence-corrected chi connectivity index (χ1v) is 20.9. The molecular weight excluding hydrogens is 604 g/mol. The van der Waals surface area contributed by atoms with Crippen LogP contribution in [0.1, 0.15) is 60.1 Å². The molecule has 2 aromatic rings. The van der Waals surface area contributed by atoms with Crippen LogP contribution in [0.2, 0.25) is 18.1 Å². The summed E-state index contributed by atoms with van der Waals surface area (Å²) in [6, 6.07) is -0.553. The van der Waals surface area contributed by atoms with Gasteiger partial charge < -0.3 is 28.4 Å². The van der Waals surface area contributed by atoms with Crippen molar-refractivity contribution in [2.24, 2.45) is 5.92 Å². The number of rotatable bonds is 7. The number of ether oxygens (including phenoxy) is 1. The summed E-state index contributed by atoms with van der Waals surface area (Å²) in [5, 5.41) is 21.4. The lowest BCUT2D eigenvalue weighted by Gasteiger charge is -2.40. The Morgan fingerprint density at radius 2 is 2.15 bits per heavy atom. The van der Waals surface area contributed by atoms with Crippen molar-refractivity contribution in [3.8, 4) is 6.01 Å². The Balaban J connectivity index is 1.40. The Kier molecular flexibility index (Phi) is 8.26. The molecule has 1 aliphatic carbocycles. The van der Waals surface area contributed by atoms with Gasteiger partial charge in [0.2, 0.25) is 5.69 Å². The molecule has 15 heteroatoms. The molecule has 0 radical (unpaired) electrons. The molecule has 0 spiro atoms. The first-order chi connectivity index (χ1) is 18.9. The summed E-state index contributed by atoms with van der Waals surface area (Å²) in [6.07, 6.45) is 0.738. The van der Waals surface area contributed by atoms with Gasteiger partial charge in [0.25, 0.3) is 11.6 Å². The van der Waals surface area contributed by atoms with Gasteiger partial charge in [0, 0.05) is 4.75 Å². The van der Waals surface area contributed by atoms with Crippen LogP contribution in [0.15, 0.2) is 23.3 Å². The Morgan fingerprint density at radius 3 is 2.80 bits per heavy atom. The molecule has 2 aliphatic heterocycles. The lowest BCUT2D eigenvalue weighted by molar-refractivity contribution is -0.0475. The third-order valence-electron chi connectivity index (χ3n) is 9.08. The van der Waals surface area contributed by atoms with Gasteiger partial charge in [0.15, 0.2) is 25.7 Å². The number of aromatic nitrogens is 4. The summed E-state index contributed by atoms with van der Waals surface area (Å²) in [5.74, 6) is 0.414. The lowest BCUT2D eigenvalue weighted by atomic mass is 9.77. The van der Waals surface area contributed by atoms with E-state index in [0.29, 0.717) is 5.92 Å². The number of imidazole rings is 1. The Hall–Kier alpha value is -1.09. The first kappa shape index (κ1) is 31.3. The van der Waals surface area contributed by atoms with E-state index in [0.717, 1.165) is 19.3 Å². The number of fused-ring (bicyclic) bond motifs is 2. The Labute approximate surface area is 250 Å². The van der Waals surface area contributed by atoms with Crippen LogP contribution >= 0.6 is 17.1 Å². The van der Waals surface area contributed by atoms with Crippen LogP contribution in [0, 0.1) is 5.92 Å². The highest BCUT2D eigenvalue weighted by Crippen LogP contribution is 2.75. The molecule has 228 valence electrons. The lowest BCUT2D eigenvalue weighted by Crippen LogP contribution is -2.49. The third kappa shape index (κ3) is 5.88. The van der Waals surface area contributed by atoms with E-state index in [1.165, 1.54) is 16.5 Å². The molecule has 0 bridgehead atoms. The number of aliphatic hydroxyl groups excluding tert-OH is 1. The summed E-state index contributed by atoms with van der Waals surface area (Å²) < 4.78 is 27.3. The zero-order chi connectivity index (χ0) is 30.1. The highest BCUT2D eigenvalue weighted by Gasteiger charge is 2.55. The van der Waals surface area contributed by atoms with Crippen LogP contribution in [0.5, 0.6) is 6.01 Å². The standard InChI is InChI=1S/C26H41N4O7PS2Si/c1-14(2)15-9-10-26(6)17(11-15)36-38(39,40-26)34-12-16-20(37-41(7,8)25(3,4)5)19(31)23(35-16)30-13-27-18-21(30)28-24(33)29-22(18)32/h13,15-17,19-20,23,31H,1,9-12H2,2-8H3,(H2,28,29,32,33)/t15-,16+,17+,19+,20?,23+,26+,38+/m0/s1. The van der Waals surface area contributed by atoms with Gasteiger partial charge in [-0.3, -0.25) is 14.3 Å². The molecule has 2 saturated heterocycles. The Morgan fingerprint density at radius 1 is 1.44 bits per heavy atom. The van der Waals surface area contributed by atoms with Crippen LogP contribution < -0.4 is 5.56 Å². The van der Waals surface area contributed by atoms with Crippen LogP contribution in [0.4, 0.5) is 0 Å². The van der Waals surface area contributed by atoms with Crippen LogP contribution in [-0.2, 0) is 30.0 Å². The number of nitrogens with zero attached hydrogens (tertiary/aromatic N) is 3. The summed E-state index contributed by atoms with van der Waals surface area (Å²) in [4.78, 5) is 22.7. The van der Waals surface area contributed by atoms with E-state index in [2.05, 4.69) is 69.2 Å². The van der Waals surface area contributed by atoms with Gasteiger partial charge in [0.1, 0.15) is 18.3 Å². The number of nitrogens with one attached hydrogen (secondary N) is 1. The minimum absolute atomic E-state index is 0.00921. The molecule has 8 atom stereocenters. The molecule has 3 aliphatic rings. The summed E-state index contributed by atoms with van der Waals surface area (Å²) in [5.41, 5.74) is -2.02. The van der Waals surface area contributed by atoms with Gasteiger partial charge in [-0.15, -0.1) is 0 Å². The number of hydrogen-bond donors (Lipinski definition) is 3. The van der Waals surface area contributed by atoms with Gasteiger partial charge in [-0.25, -0.2) is 4.98 Å². The fourth-order valence-electron chi connectivity index (χ4n) is 5.45. The number of allylic oxidation sites excluding steroid dienone is 1. The minimum atomic E-state index is -2.71. The highest BCUT2D eigenvalue weighted by atomic mass is 32.9. The maximum absolute atomic E-state index is 12.3. The van der Waals surface area contributed by atoms with Crippen molar-refractivity contribution in [3.05, 3.63) is 28.8 Å². The third-order valence-corrected chi connectivity index (χ3v) is 19.4. The van der Waals surface area contributed by atoms with Crippen LogP contribution in [-0.4, -0.2) is 73.8 Å². The molecule has 4 heterocycles. The maximum Gasteiger partial charge on any atom is 0.296 e. The predicted molar refractivity (Wildman–Crippen MR) is 165 cm³/mol. The summed E-state index contributed by atoms with van der Waals surface area (Å²) >= 11 is 7.63. The highest BCUT2D eigenvalue weighted by molar-refractivity contribution is 8.68. The van der Waals surface area contributed by atoms with Crippen LogP contribution in [0.25, 0.3) is 11.2 Å². The molecular formula is C26H41N4O7PS2Si. The van der Waals surface area contributed by atoms with Crippen molar-refractivity contribution < 1.29 is 28.4 Å². The minimum Gasteiger partial charge on any atom is -0.480 e. The number of aromatic hydroxyl groups is 1. The second kappa shape index (κ2) is 10.8. The fourth-order valence-corrected chi connectivity index (χ4v) is 13.9. The Bertz CT molecular complexity index is 1450. The summed E-state index contributed by atoms with van der Waals surface area (Å²) in [7, 11) is -2.37. The van der Waals surface area contributed by atoms with Gasteiger partial charge in [-0.2, -0.15) is 4.98 Å². The SMILES string of the molecule is C=C(C)[C@H]1CC[C@@]2(C)S[P@](=S)(OC[C@H]3O[C@@H](n4cnc5c(=O)[nH]c(O)nc54)[C@H](O)C3O[Si](C)(C)C(C)(C)C)O[C@@H]2C1. The predicted octanol–water partition coefficient (Wildman–Crippen LogP) is 4.98. The monoisotopic (exact) mass is 644 g/mol. The molecule has 3 fully saturated rings. The number of aliphatic hydroxyl groups is 1. The van der Waals surface area contributed by atoms with Gasteiger partial charge >= 0.3 is 0 Å². The van der Waals surface area contributed by atoms with Crippen molar-refractivity contribution >= 4 is 48.4 Å². The fraction of sp³-hybridized carbons (Fsp3) is 0.731. The van der Waals surface area contributed by atoms with Crippen molar-refractivity contribution in [1.29, 1.82) is 0 Å². The van der Waals surface area contributed by atoms with Crippen molar-refractivity contribution in [1.82, 2.24) is 19.5 Å². The summed E-state index contributed by atoms with van der Waals surface area (Å²) in [6.45, 7) is 19.1. The van der Waals surface area contributed by atoms with Gasteiger partial charge in [0.05, 0.1) is 19.0 Å². The molecule has 1 saturated carbocycles. The molecule has 0 amide bonds. The quantitative estimate of drug-likeness (QED) is 0.213. The van der Waals surface area contributed by atoms with E-state index in [4.69, 9.17) is 30.0 Å². The number of hydrogen-bond acceptors (Lipinski definition) is 11. The largest absolute Gasteiger partial charge is 0.480 e. The second-order valence-electron chi connectivity index (χ2n) is 13.2. The van der Waals surface area contributed by atoms with E-state index < -0.39 is 50.1 Å². The van der Waals surface area contributed by atoms with E-state index in [1.807, 2.05) is 0 Å². The van der Waals surface area contributed by atoms with E-state index in [1.54, 1.807) is 11.4 Å². The molecule has 1 unspecified atom stereocenters. The van der Waals surface area contributed by atoms with Crippen molar-refractivity contribution in [2.45, 2.75) is 107 Å². The van der Waals surface area contributed by atoms with Crippen molar-refractivity contribution in [2.75, 3.05) is 6.61 Å². The maximum atomic E-state index is 12.3. The molecule has 3 N–H and O–H groups in total. The average molecular weight is 645 g/mol. The molecule has 2 aromatic heterocycles. The van der Waals surface area contributed by atoms with E-state index in [-0.39, 0.29) is 33.7 Å². The molecule has 0 aromatic carbocycles.